The second kappa shape index (κ2) is 7.23. The molecule has 0 amide bonds. The summed E-state index contributed by atoms with van der Waals surface area (Å²) in [5, 5.41) is 31.1. The second-order valence-corrected chi connectivity index (χ2v) is 8.98. The van der Waals surface area contributed by atoms with E-state index in [4.69, 9.17) is 15.0 Å². The highest BCUT2D eigenvalue weighted by molar-refractivity contribution is 7.53. The molecule has 156 valence electrons. The summed E-state index contributed by atoms with van der Waals surface area (Å²) in [6.07, 6.45) is -1.90. The molecule has 3 rings (SSSR count). The Kier molecular flexibility index (Phi) is 5.40. The quantitative estimate of drug-likeness (QED) is 0.318. The zero-order chi connectivity index (χ0) is 20.9. The second-order valence-electron chi connectivity index (χ2n) is 6.89. The molecule has 0 bridgehead atoms. The van der Waals surface area contributed by atoms with Gasteiger partial charge in [-0.25, -0.2) is 0 Å². The molecule has 0 saturated carbocycles. The van der Waals surface area contributed by atoms with Gasteiger partial charge in [-0.3, -0.25) is 18.9 Å². The number of fused-ring (bicyclic) bond motifs is 1. The number of aromatic amines is 1. The van der Waals surface area contributed by atoms with Crippen LogP contribution in [-0.4, -0.2) is 65.5 Å². The van der Waals surface area contributed by atoms with E-state index in [1.165, 1.54) is 23.8 Å². The van der Waals surface area contributed by atoms with Gasteiger partial charge in [-0.1, -0.05) is 0 Å². The van der Waals surface area contributed by atoms with E-state index in [0.29, 0.717) is 0 Å². The number of nitrogens with one attached hydrogen (secondary N) is 1. The van der Waals surface area contributed by atoms with E-state index in [-0.39, 0.29) is 30.0 Å². The third-order valence-electron chi connectivity index (χ3n) is 4.69. The Labute approximate surface area is 159 Å². The van der Waals surface area contributed by atoms with Crippen LogP contribution in [0, 0.1) is 0 Å². The molecule has 28 heavy (non-hydrogen) atoms. The third kappa shape index (κ3) is 3.60. The number of hydrogen-bond acceptors (Lipinski definition) is 9. The predicted molar refractivity (Wildman–Crippen MR) is 97.4 cm³/mol. The van der Waals surface area contributed by atoms with Gasteiger partial charge < -0.3 is 35.2 Å². The summed E-state index contributed by atoms with van der Waals surface area (Å²) < 4.78 is 23.4. The van der Waals surface area contributed by atoms with Gasteiger partial charge in [0.2, 0.25) is 5.95 Å². The number of H-pyrrole nitrogens is 1. The summed E-state index contributed by atoms with van der Waals surface area (Å²) >= 11 is 0. The van der Waals surface area contributed by atoms with Crippen LogP contribution in [0.4, 0.5) is 5.95 Å². The summed E-state index contributed by atoms with van der Waals surface area (Å²) in [5.41, 5.74) is 3.21. The Morgan fingerprint density at radius 2 is 2.25 bits per heavy atom. The fraction of sp³-hybridized carbons (Fsp3) is 0.600. The first-order valence-corrected chi connectivity index (χ1v) is 10.2. The average Bonchev–Trinajstić information content (AvgIpc) is 3.12. The van der Waals surface area contributed by atoms with Gasteiger partial charge in [0.1, 0.15) is 6.10 Å². The van der Waals surface area contributed by atoms with Crippen molar-refractivity contribution in [1.82, 2.24) is 14.5 Å². The minimum atomic E-state index is -4.23. The van der Waals surface area contributed by atoms with Crippen LogP contribution in [0.1, 0.15) is 20.3 Å². The van der Waals surface area contributed by atoms with Crippen LogP contribution in [0.15, 0.2) is 17.1 Å². The van der Waals surface area contributed by atoms with E-state index >= 15 is 0 Å². The number of nitrogens with zero attached hydrogens (tertiary/aromatic N) is 2. The number of nitrogens with two attached hydrogens (primary N) is 1. The number of ether oxygens (including phenoxy) is 1. The molecular weight excluding hydrogens is 395 g/mol. The molecule has 3 unspecified atom stereocenters. The van der Waals surface area contributed by atoms with E-state index in [9.17, 15) is 29.6 Å². The Hall–Kier alpha value is -1.79. The molecular formula is C15H23N4O8P. The summed E-state index contributed by atoms with van der Waals surface area (Å²) in [7, 11) is -4.23. The van der Waals surface area contributed by atoms with Crippen LogP contribution in [0.2, 0.25) is 0 Å². The predicted octanol–water partition coefficient (Wildman–Crippen LogP) is -0.969. The molecule has 1 aliphatic heterocycles. The minimum absolute atomic E-state index is 0.0316. The Morgan fingerprint density at radius 3 is 2.89 bits per heavy atom. The van der Waals surface area contributed by atoms with Crippen molar-refractivity contribution in [2.45, 2.75) is 50.2 Å². The Bertz CT molecular complexity index is 975. The van der Waals surface area contributed by atoms with Crippen LogP contribution in [0.25, 0.3) is 11.0 Å². The zero-order valence-electron chi connectivity index (χ0n) is 15.2. The van der Waals surface area contributed by atoms with Crippen molar-refractivity contribution in [2.75, 3.05) is 12.3 Å². The third-order valence-corrected chi connectivity index (χ3v) is 6.30. The molecule has 0 radical (unpaired) electrons. The first-order chi connectivity index (χ1) is 13.0. The van der Waals surface area contributed by atoms with Crippen LogP contribution in [-0.2, 0) is 19.6 Å². The van der Waals surface area contributed by atoms with E-state index < -0.39 is 43.0 Å². The van der Waals surface area contributed by atoms with Gasteiger partial charge in [0.15, 0.2) is 17.2 Å². The lowest BCUT2D eigenvalue weighted by atomic mass is 10.0. The van der Waals surface area contributed by atoms with Crippen molar-refractivity contribution >= 4 is 24.6 Å². The molecule has 0 aliphatic carbocycles. The van der Waals surface area contributed by atoms with Crippen LogP contribution >= 0.6 is 7.60 Å². The van der Waals surface area contributed by atoms with Crippen LogP contribution in [0.5, 0.6) is 0 Å². The number of nitrogen functional groups attached to an aromatic ring is 1. The number of rotatable bonds is 6. The molecule has 3 heterocycles. The zero-order valence-corrected chi connectivity index (χ0v) is 16.1. The number of anilines is 1. The standard InChI is InChI=1S/C15H23N4O8P/c1-7(27-28(24,25)8(2)20)5-10-11(21)15(23,6-26-10)19-4-3-9-12(19)17-14(16)18-13(9)22/h3-4,7-8,10-11,20-21,23H,5-6H2,1-2H3,(H,24,25)(H3,16,17,18,22)/t7?,8?,10-,11-,15-/m1/s1. The van der Waals surface area contributed by atoms with Crippen molar-refractivity contribution in [3.63, 3.8) is 0 Å². The van der Waals surface area contributed by atoms with E-state index in [0.717, 1.165) is 6.92 Å². The fourth-order valence-corrected chi connectivity index (χ4v) is 3.96. The van der Waals surface area contributed by atoms with E-state index in [2.05, 4.69) is 9.97 Å². The Balaban J connectivity index is 1.82. The van der Waals surface area contributed by atoms with Gasteiger partial charge in [-0.15, -0.1) is 0 Å². The summed E-state index contributed by atoms with van der Waals surface area (Å²) in [6.45, 7) is 2.28. The maximum absolute atomic E-state index is 12.0. The normalized spacial score (nSPS) is 29.6. The lowest BCUT2D eigenvalue weighted by molar-refractivity contribution is -0.109. The number of hydrogen-bond donors (Lipinski definition) is 6. The number of aliphatic hydroxyl groups excluding tert-OH is 2. The first kappa shape index (κ1) is 20.9. The lowest BCUT2D eigenvalue weighted by Gasteiger charge is -2.29. The largest absolute Gasteiger partial charge is 0.385 e. The van der Waals surface area contributed by atoms with Crippen LogP contribution < -0.4 is 11.3 Å². The topological polar surface area (TPSA) is 193 Å². The smallest absolute Gasteiger partial charge is 0.356 e. The van der Waals surface area contributed by atoms with Crippen molar-refractivity contribution in [1.29, 1.82) is 0 Å². The maximum Gasteiger partial charge on any atom is 0.356 e. The van der Waals surface area contributed by atoms with Gasteiger partial charge in [-0.2, -0.15) is 4.98 Å². The molecule has 0 aromatic carbocycles. The highest BCUT2D eigenvalue weighted by Crippen LogP contribution is 2.48. The lowest BCUT2D eigenvalue weighted by Crippen LogP contribution is -2.46. The Morgan fingerprint density at radius 1 is 1.57 bits per heavy atom. The van der Waals surface area contributed by atoms with Gasteiger partial charge >= 0.3 is 7.60 Å². The molecule has 1 aliphatic rings. The summed E-state index contributed by atoms with van der Waals surface area (Å²) in [4.78, 5) is 27.9. The van der Waals surface area contributed by atoms with Crippen LogP contribution in [0.3, 0.4) is 0 Å². The molecule has 1 fully saturated rings. The summed E-state index contributed by atoms with van der Waals surface area (Å²) in [5.74, 6) is -1.72. The highest BCUT2D eigenvalue weighted by Gasteiger charge is 2.50. The van der Waals surface area contributed by atoms with Crippen molar-refractivity contribution in [3.05, 3.63) is 22.6 Å². The van der Waals surface area contributed by atoms with Gasteiger partial charge in [-0.05, 0) is 19.9 Å². The highest BCUT2D eigenvalue weighted by atomic mass is 31.2. The van der Waals surface area contributed by atoms with Crippen molar-refractivity contribution in [3.8, 4) is 0 Å². The maximum atomic E-state index is 12.0. The fourth-order valence-electron chi connectivity index (χ4n) is 3.18. The average molecular weight is 418 g/mol. The minimum Gasteiger partial charge on any atom is -0.385 e. The molecule has 2 aromatic rings. The molecule has 7 N–H and O–H groups in total. The monoisotopic (exact) mass is 418 g/mol. The first-order valence-electron chi connectivity index (χ1n) is 8.54. The van der Waals surface area contributed by atoms with Crippen molar-refractivity contribution in [2.24, 2.45) is 0 Å². The molecule has 6 atom stereocenters. The van der Waals surface area contributed by atoms with E-state index in [1.54, 1.807) is 0 Å². The van der Waals surface area contributed by atoms with Gasteiger partial charge in [0.05, 0.1) is 24.2 Å². The molecule has 0 spiro atoms. The molecule has 2 aromatic heterocycles. The van der Waals surface area contributed by atoms with E-state index in [1.807, 2.05) is 0 Å². The molecule has 13 heteroatoms. The van der Waals surface area contributed by atoms with Gasteiger partial charge in [0.25, 0.3) is 5.56 Å². The molecule has 1 saturated heterocycles. The van der Waals surface area contributed by atoms with Crippen molar-refractivity contribution < 1.29 is 34.0 Å². The SMILES string of the molecule is CC(C[C@H]1OC[C@](O)(n2ccc3c(=O)[nH]c(N)nc32)[C@@H]1O)OP(=O)(O)C(C)O. The number of aromatic nitrogens is 3. The number of aliphatic hydroxyl groups is 3. The summed E-state index contributed by atoms with van der Waals surface area (Å²) in [6, 6.07) is 1.43. The van der Waals surface area contributed by atoms with Gasteiger partial charge in [0, 0.05) is 12.6 Å². The molecule has 12 nitrogen and oxygen atoms in total.